The molecule has 3 rings (SSSR count). The van der Waals surface area contributed by atoms with Crippen molar-refractivity contribution in [1.29, 1.82) is 0 Å². The van der Waals surface area contributed by atoms with Gasteiger partial charge in [0.15, 0.2) is 9.84 Å². The van der Waals surface area contributed by atoms with Crippen molar-refractivity contribution in [3.8, 4) is 0 Å². The van der Waals surface area contributed by atoms with Gasteiger partial charge in [-0.1, -0.05) is 11.6 Å². The van der Waals surface area contributed by atoms with Gasteiger partial charge in [0.1, 0.15) is 5.76 Å². The zero-order valence-electron chi connectivity index (χ0n) is 15.6. The Balaban J connectivity index is 1.80. The van der Waals surface area contributed by atoms with Gasteiger partial charge in [-0.05, 0) is 54.6 Å². The quantitative estimate of drug-likeness (QED) is 0.549. The molecule has 30 heavy (non-hydrogen) atoms. The molecule has 1 aromatic heterocycles. The van der Waals surface area contributed by atoms with Gasteiger partial charge in [-0.2, -0.15) is 0 Å². The van der Waals surface area contributed by atoms with Crippen LogP contribution in [-0.2, 0) is 26.4 Å². The van der Waals surface area contributed by atoms with Crippen LogP contribution in [0.25, 0.3) is 0 Å². The molecule has 158 valence electrons. The van der Waals surface area contributed by atoms with Crippen molar-refractivity contribution in [2.24, 2.45) is 0 Å². The number of sulfonamides is 1. The van der Waals surface area contributed by atoms with Crippen molar-refractivity contribution in [3.63, 3.8) is 0 Å². The van der Waals surface area contributed by atoms with E-state index in [9.17, 15) is 21.6 Å². The zero-order valence-corrected chi connectivity index (χ0v) is 18.0. The SMILES string of the molecule is CS(=O)(=O)c1ccc(NS(=O)(=O)c2ccc(Cl)c(C(=O)NCc3ccco3)c2)cc1. The van der Waals surface area contributed by atoms with Gasteiger partial charge in [0.25, 0.3) is 15.9 Å². The molecule has 11 heteroatoms. The fraction of sp³-hybridized carbons (Fsp3) is 0.105. The Morgan fingerprint density at radius 2 is 1.67 bits per heavy atom. The zero-order chi connectivity index (χ0) is 21.9. The van der Waals surface area contributed by atoms with Gasteiger partial charge in [0.05, 0.1) is 33.2 Å². The number of rotatable bonds is 7. The third-order valence-electron chi connectivity index (χ3n) is 4.03. The fourth-order valence-corrected chi connectivity index (χ4v) is 4.42. The molecule has 0 aliphatic heterocycles. The number of furan rings is 1. The molecule has 0 unspecified atom stereocenters. The number of carbonyl (C=O) groups is 1. The first kappa shape index (κ1) is 21.9. The first-order valence-corrected chi connectivity index (χ1v) is 12.2. The Bertz CT molecular complexity index is 1270. The molecule has 0 aliphatic rings. The number of halogens is 1. The van der Waals surface area contributed by atoms with Gasteiger partial charge in [0.2, 0.25) is 0 Å². The van der Waals surface area contributed by atoms with Crippen LogP contribution in [0.2, 0.25) is 5.02 Å². The van der Waals surface area contributed by atoms with E-state index in [2.05, 4.69) is 10.0 Å². The number of sulfone groups is 1. The Labute approximate surface area is 178 Å². The molecule has 1 amide bonds. The van der Waals surface area contributed by atoms with E-state index in [1.165, 1.54) is 42.7 Å². The smallest absolute Gasteiger partial charge is 0.261 e. The van der Waals surface area contributed by atoms with E-state index < -0.39 is 25.8 Å². The molecule has 0 fully saturated rings. The van der Waals surface area contributed by atoms with E-state index >= 15 is 0 Å². The largest absolute Gasteiger partial charge is 0.467 e. The van der Waals surface area contributed by atoms with Crippen LogP contribution >= 0.6 is 11.6 Å². The van der Waals surface area contributed by atoms with Crippen LogP contribution in [0.3, 0.4) is 0 Å². The number of nitrogens with one attached hydrogen (secondary N) is 2. The van der Waals surface area contributed by atoms with Crippen molar-refractivity contribution in [2.75, 3.05) is 11.0 Å². The summed E-state index contributed by atoms with van der Waals surface area (Å²) in [5.74, 6) is -0.0339. The third kappa shape index (κ3) is 5.21. The van der Waals surface area contributed by atoms with Crippen LogP contribution in [0.1, 0.15) is 16.1 Å². The molecule has 0 atom stereocenters. The molecule has 0 saturated heterocycles. The minimum Gasteiger partial charge on any atom is -0.467 e. The standard InChI is InChI=1S/C19H17ClN2O6S2/c1-29(24,25)15-6-4-13(5-7-15)22-30(26,27)16-8-9-18(20)17(11-16)19(23)21-12-14-3-2-10-28-14/h2-11,22H,12H2,1H3,(H,21,23). The van der Waals surface area contributed by atoms with Crippen LogP contribution in [0, 0.1) is 0 Å². The summed E-state index contributed by atoms with van der Waals surface area (Å²) in [7, 11) is -7.45. The van der Waals surface area contributed by atoms with Crippen molar-refractivity contribution in [3.05, 3.63) is 77.2 Å². The first-order valence-electron chi connectivity index (χ1n) is 8.49. The maximum atomic E-state index is 12.7. The summed E-state index contributed by atoms with van der Waals surface area (Å²) in [6.45, 7) is 0.115. The highest BCUT2D eigenvalue weighted by Gasteiger charge is 2.19. The lowest BCUT2D eigenvalue weighted by atomic mass is 10.2. The molecule has 8 nitrogen and oxygen atoms in total. The molecule has 0 bridgehead atoms. The van der Waals surface area contributed by atoms with E-state index in [-0.39, 0.29) is 32.6 Å². The summed E-state index contributed by atoms with van der Waals surface area (Å²) in [4.78, 5) is 12.3. The Kier molecular flexibility index (Phi) is 6.20. The van der Waals surface area contributed by atoms with E-state index in [1.54, 1.807) is 12.1 Å². The molecule has 0 saturated carbocycles. The lowest BCUT2D eigenvalue weighted by Crippen LogP contribution is -2.23. The molecular weight excluding hydrogens is 452 g/mol. The molecule has 2 aromatic carbocycles. The molecule has 0 spiro atoms. The van der Waals surface area contributed by atoms with Crippen LogP contribution < -0.4 is 10.0 Å². The Morgan fingerprint density at radius 1 is 1.00 bits per heavy atom. The van der Waals surface area contributed by atoms with E-state index in [4.69, 9.17) is 16.0 Å². The van der Waals surface area contributed by atoms with Gasteiger partial charge >= 0.3 is 0 Å². The van der Waals surface area contributed by atoms with Gasteiger partial charge in [-0.25, -0.2) is 16.8 Å². The summed E-state index contributed by atoms with van der Waals surface area (Å²) in [5, 5.41) is 2.69. The highest BCUT2D eigenvalue weighted by Crippen LogP contribution is 2.23. The summed E-state index contributed by atoms with van der Waals surface area (Å²) in [6, 6.07) is 12.3. The fourth-order valence-electron chi connectivity index (χ4n) is 2.51. The molecule has 0 radical (unpaired) electrons. The highest BCUT2D eigenvalue weighted by molar-refractivity contribution is 7.92. The van der Waals surface area contributed by atoms with Crippen molar-refractivity contribution < 1.29 is 26.0 Å². The lowest BCUT2D eigenvalue weighted by molar-refractivity contribution is 0.0948. The summed E-state index contributed by atoms with van der Waals surface area (Å²) >= 11 is 6.07. The van der Waals surface area contributed by atoms with E-state index in [0.29, 0.717) is 5.76 Å². The van der Waals surface area contributed by atoms with Gasteiger partial charge in [-0.15, -0.1) is 0 Å². The second-order valence-electron chi connectivity index (χ2n) is 6.31. The minimum atomic E-state index is -4.05. The van der Waals surface area contributed by atoms with Crippen LogP contribution in [0.4, 0.5) is 5.69 Å². The highest BCUT2D eigenvalue weighted by atomic mass is 35.5. The average Bonchev–Trinajstić information content (AvgIpc) is 3.19. The van der Waals surface area contributed by atoms with Gasteiger partial charge < -0.3 is 9.73 Å². The predicted molar refractivity (Wildman–Crippen MR) is 112 cm³/mol. The average molecular weight is 469 g/mol. The number of hydrogen-bond acceptors (Lipinski definition) is 6. The number of anilines is 1. The second kappa shape index (κ2) is 8.50. The van der Waals surface area contributed by atoms with E-state index in [1.807, 2.05) is 0 Å². The molecule has 2 N–H and O–H groups in total. The van der Waals surface area contributed by atoms with Crippen molar-refractivity contribution in [1.82, 2.24) is 5.32 Å². The first-order chi connectivity index (χ1) is 14.1. The topological polar surface area (TPSA) is 123 Å². The van der Waals surface area contributed by atoms with E-state index in [0.717, 1.165) is 12.3 Å². The van der Waals surface area contributed by atoms with Crippen LogP contribution in [0.15, 0.2) is 75.1 Å². The molecular formula is C19H17ClN2O6S2. The normalized spacial score (nSPS) is 11.8. The summed E-state index contributed by atoms with van der Waals surface area (Å²) < 4.78 is 55.9. The summed E-state index contributed by atoms with van der Waals surface area (Å²) in [6.07, 6.45) is 2.52. The summed E-state index contributed by atoms with van der Waals surface area (Å²) in [5.41, 5.74) is 0.152. The molecule has 0 aliphatic carbocycles. The maximum absolute atomic E-state index is 12.7. The third-order valence-corrected chi connectivity index (χ3v) is 6.87. The maximum Gasteiger partial charge on any atom is 0.261 e. The van der Waals surface area contributed by atoms with Gasteiger partial charge in [-0.3, -0.25) is 9.52 Å². The van der Waals surface area contributed by atoms with Crippen LogP contribution in [0.5, 0.6) is 0 Å². The molecule has 3 aromatic rings. The van der Waals surface area contributed by atoms with Gasteiger partial charge in [0, 0.05) is 11.9 Å². The van der Waals surface area contributed by atoms with Crippen molar-refractivity contribution >= 4 is 43.1 Å². The Morgan fingerprint density at radius 3 is 2.27 bits per heavy atom. The minimum absolute atomic E-state index is 0.0153. The second-order valence-corrected chi connectivity index (χ2v) is 10.4. The van der Waals surface area contributed by atoms with Crippen molar-refractivity contribution in [2.45, 2.75) is 16.3 Å². The lowest BCUT2D eigenvalue weighted by Gasteiger charge is -2.11. The number of carbonyl (C=O) groups excluding carboxylic acids is 1. The number of hydrogen-bond donors (Lipinski definition) is 2. The number of benzene rings is 2. The number of amides is 1. The van der Waals surface area contributed by atoms with Crippen LogP contribution in [-0.4, -0.2) is 29.0 Å². The molecule has 1 heterocycles. The predicted octanol–water partition coefficient (Wildman–Crippen LogP) is 3.07. The Hall–Kier alpha value is -2.82. The monoisotopic (exact) mass is 468 g/mol.